The third-order valence-corrected chi connectivity index (χ3v) is 3.51. The first-order valence-corrected chi connectivity index (χ1v) is 7.73. The van der Waals surface area contributed by atoms with Crippen molar-refractivity contribution in [2.24, 2.45) is 5.92 Å². The van der Waals surface area contributed by atoms with Crippen molar-refractivity contribution < 1.29 is 4.79 Å². The molecule has 0 heterocycles. The van der Waals surface area contributed by atoms with E-state index in [2.05, 4.69) is 30.5 Å². The van der Waals surface area contributed by atoms with E-state index in [0.717, 1.165) is 12.1 Å². The molecule has 4 heteroatoms. The molecule has 0 aliphatic rings. The molecule has 2 N–H and O–H groups in total. The van der Waals surface area contributed by atoms with Gasteiger partial charge in [-0.05, 0) is 29.9 Å². The highest BCUT2D eigenvalue weighted by molar-refractivity contribution is 5.97. The van der Waals surface area contributed by atoms with Gasteiger partial charge in [-0.15, -0.1) is 0 Å². The molecule has 0 spiro atoms. The Kier molecular flexibility index (Phi) is 7.18. The molecule has 4 nitrogen and oxygen atoms in total. The monoisotopic (exact) mass is 299 g/mol. The van der Waals surface area contributed by atoms with Crippen molar-refractivity contribution in [3.05, 3.63) is 41.6 Å². The van der Waals surface area contributed by atoms with Crippen molar-refractivity contribution in [3.63, 3.8) is 0 Å². The average Bonchev–Trinajstić information content (AvgIpc) is 2.53. The van der Waals surface area contributed by atoms with Crippen LogP contribution in [0.15, 0.2) is 36.0 Å². The van der Waals surface area contributed by atoms with Crippen molar-refractivity contribution in [1.82, 2.24) is 5.32 Å². The van der Waals surface area contributed by atoms with Crippen LogP contribution in [0.3, 0.4) is 0 Å². The molecule has 0 saturated carbocycles. The number of carbonyl (C=O) groups is 1. The Bertz CT molecular complexity index is 570. The van der Waals surface area contributed by atoms with E-state index in [1.807, 2.05) is 38.1 Å². The summed E-state index contributed by atoms with van der Waals surface area (Å²) < 4.78 is 0. The van der Waals surface area contributed by atoms with E-state index in [0.29, 0.717) is 18.4 Å². The predicted molar refractivity (Wildman–Crippen MR) is 90.3 cm³/mol. The molecule has 0 radical (unpaired) electrons. The first-order chi connectivity index (χ1) is 10.5. The molecule has 1 rings (SSSR count). The Hall–Kier alpha value is -2.28. The Labute approximate surface area is 133 Å². The third-order valence-electron chi connectivity index (χ3n) is 3.51. The molecule has 1 aromatic rings. The summed E-state index contributed by atoms with van der Waals surface area (Å²) >= 11 is 0. The third kappa shape index (κ3) is 5.25. The number of benzene rings is 1. The number of hydrogen-bond acceptors (Lipinski definition) is 3. The van der Waals surface area contributed by atoms with Gasteiger partial charge in [0.1, 0.15) is 11.6 Å². The largest absolute Gasteiger partial charge is 0.360 e. The van der Waals surface area contributed by atoms with E-state index in [9.17, 15) is 4.79 Å². The second kappa shape index (κ2) is 8.89. The summed E-state index contributed by atoms with van der Waals surface area (Å²) in [6, 6.07) is 9.90. The smallest absolute Gasteiger partial charge is 0.263 e. The van der Waals surface area contributed by atoms with E-state index in [4.69, 9.17) is 5.26 Å². The average molecular weight is 299 g/mol. The van der Waals surface area contributed by atoms with Crippen LogP contribution in [0.25, 0.3) is 0 Å². The van der Waals surface area contributed by atoms with E-state index in [1.165, 1.54) is 11.8 Å². The quantitative estimate of drug-likeness (QED) is 0.594. The number of carbonyl (C=O) groups excluding carboxylic acids is 1. The van der Waals surface area contributed by atoms with E-state index in [1.54, 1.807) is 0 Å². The van der Waals surface area contributed by atoms with E-state index < -0.39 is 0 Å². The van der Waals surface area contributed by atoms with Gasteiger partial charge >= 0.3 is 0 Å². The van der Waals surface area contributed by atoms with Crippen LogP contribution in [0.5, 0.6) is 0 Å². The number of para-hydroxylation sites is 1. The van der Waals surface area contributed by atoms with Crippen LogP contribution in [0.2, 0.25) is 0 Å². The highest BCUT2D eigenvalue weighted by Crippen LogP contribution is 2.26. The van der Waals surface area contributed by atoms with Crippen LogP contribution in [0.1, 0.15) is 45.6 Å². The summed E-state index contributed by atoms with van der Waals surface area (Å²) in [5.74, 6) is 0.421. The van der Waals surface area contributed by atoms with Gasteiger partial charge < -0.3 is 10.6 Å². The highest BCUT2D eigenvalue weighted by atomic mass is 16.1. The maximum atomic E-state index is 11.9. The van der Waals surface area contributed by atoms with Crippen molar-refractivity contribution in [2.75, 3.05) is 11.9 Å². The zero-order chi connectivity index (χ0) is 16.5. The Morgan fingerprint density at radius 2 is 2.00 bits per heavy atom. The number of nitrogens with zero attached hydrogens (tertiary/aromatic N) is 1. The Morgan fingerprint density at radius 1 is 1.32 bits per heavy atom. The summed E-state index contributed by atoms with van der Waals surface area (Å²) in [5, 5.41) is 15.0. The Balaban J connectivity index is 2.85. The number of nitriles is 1. The van der Waals surface area contributed by atoms with Gasteiger partial charge in [-0.25, -0.2) is 0 Å². The molecule has 0 fully saturated rings. The minimum absolute atomic E-state index is 0.0830. The molecule has 0 aliphatic heterocycles. The van der Waals surface area contributed by atoms with Gasteiger partial charge in [0, 0.05) is 18.4 Å². The lowest BCUT2D eigenvalue weighted by molar-refractivity contribution is -0.117. The topological polar surface area (TPSA) is 64.9 Å². The molecule has 0 aromatic heterocycles. The van der Waals surface area contributed by atoms with Gasteiger partial charge in [-0.3, -0.25) is 4.79 Å². The first-order valence-electron chi connectivity index (χ1n) is 7.73. The van der Waals surface area contributed by atoms with Crippen LogP contribution in [0.4, 0.5) is 5.69 Å². The molecule has 0 saturated heterocycles. The van der Waals surface area contributed by atoms with Crippen LogP contribution >= 0.6 is 0 Å². The molecule has 1 amide bonds. The minimum Gasteiger partial charge on any atom is -0.360 e. The maximum Gasteiger partial charge on any atom is 0.263 e. The SMILES string of the molecule is CCC(C)c1ccccc1N/C=C(/C#N)C(=O)NCC(C)C. The first kappa shape index (κ1) is 17.8. The molecule has 118 valence electrons. The highest BCUT2D eigenvalue weighted by Gasteiger charge is 2.11. The minimum atomic E-state index is -0.343. The molecular weight excluding hydrogens is 274 g/mol. The number of anilines is 1. The predicted octanol–water partition coefficient (Wildman–Crippen LogP) is 3.79. The molecule has 0 bridgehead atoms. The fourth-order valence-electron chi connectivity index (χ4n) is 1.97. The molecule has 1 aromatic carbocycles. The van der Waals surface area contributed by atoms with Crippen molar-refractivity contribution in [3.8, 4) is 6.07 Å². The molecule has 1 unspecified atom stereocenters. The molecule has 0 aliphatic carbocycles. The van der Waals surface area contributed by atoms with Crippen molar-refractivity contribution in [1.29, 1.82) is 5.26 Å². The van der Waals surface area contributed by atoms with Crippen LogP contribution in [-0.4, -0.2) is 12.5 Å². The van der Waals surface area contributed by atoms with Gasteiger partial charge in [0.15, 0.2) is 0 Å². The number of nitrogens with one attached hydrogen (secondary N) is 2. The molecule has 22 heavy (non-hydrogen) atoms. The zero-order valence-electron chi connectivity index (χ0n) is 13.8. The maximum absolute atomic E-state index is 11.9. The van der Waals surface area contributed by atoms with Crippen molar-refractivity contribution >= 4 is 11.6 Å². The fraction of sp³-hybridized carbons (Fsp3) is 0.444. The van der Waals surface area contributed by atoms with Crippen LogP contribution in [-0.2, 0) is 4.79 Å². The van der Waals surface area contributed by atoms with Crippen LogP contribution < -0.4 is 10.6 Å². The summed E-state index contributed by atoms with van der Waals surface area (Å²) in [5.41, 5.74) is 2.20. The van der Waals surface area contributed by atoms with Crippen LogP contribution in [0, 0.1) is 17.2 Å². The van der Waals surface area contributed by atoms with E-state index in [-0.39, 0.29) is 11.5 Å². The lowest BCUT2D eigenvalue weighted by Crippen LogP contribution is -2.28. The summed E-state index contributed by atoms with van der Waals surface area (Å²) in [6.07, 6.45) is 2.51. The lowest BCUT2D eigenvalue weighted by Gasteiger charge is -2.14. The number of hydrogen-bond donors (Lipinski definition) is 2. The summed E-state index contributed by atoms with van der Waals surface area (Å²) in [7, 11) is 0. The molecular formula is C18H25N3O. The summed E-state index contributed by atoms with van der Waals surface area (Å²) in [6.45, 7) is 8.87. The second-order valence-electron chi connectivity index (χ2n) is 5.81. The number of rotatable bonds is 7. The van der Waals surface area contributed by atoms with Gasteiger partial charge in [-0.2, -0.15) is 5.26 Å². The van der Waals surface area contributed by atoms with Gasteiger partial charge in [0.2, 0.25) is 0 Å². The lowest BCUT2D eigenvalue weighted by atomic mass is 9.97. The zero-order valence-corrected chi connectivity index (χ0v) is 13.8. The van der Waals surface area contributed by atoms with E-state index >= 15 is 0 Å². The van der Waals surface area contributed by atoms with Gasteiger partial charge in [0.05, 0.1) is 0 Å². The second-order valence-corrected chi connectivity index (χ2v) is 5.81. The normalized spacial score (nSPS) is 12.6. The van der Waals surface area contributed by atoms with Gasteiger partial charge in [-0.1, -0.05) is 45.9 Å². The molecule has 1 atom stereocenters. The number of amides is 1. The standard InChI is InChI=1S/C18H25N3O/c1-5-14(4)16-8-6-7-9-17(16)20-12-15(10-19)18(22)21-11-13(2)3/h6-9,12-14,20H,5,11H2,1-4H3,(H,21,22)/b15-12-. The van der Waals surface area contributed by atoms with Gasteiger partial charge in [0.25, 0.3) is 5.91 Å². The van der Waals surface area contributed by atoms with Crippen molar-refractivity contribution in [2.45, 2.75) is 40.0 Å². The fourth-order valence-corrected chi connectivity index (χ4v) is 1.97. The summed E-state index contributed by atoms with van der Waals surface area (Å²) in [4.78, 5) is 11.9. The Morgan fingerprint density at radius 3 is 2.59 bits per heavy atom.